The molecule has 0 unspecified atom stereocenters. The highest BCUT2D eigenvalue weighted by Crippen LogP contribution is 2.14. The van der Waals surface area contributed by atoms with E-state index in [9.17, 15) is 0 Å². The van der Waals surface area contributed by atoms with E-state index in [0.717, 1.165) is 0 Å². The maximum absolute atomic E-state index is 2.37. The van der Waals surface area contributed by atoms with Crippen molar-refractivity contribution in [2.24, 2.45) is 0 Å². The number of rotatable bonds is 17. The zero-order chi connectivity index (χ0) is 18.2. The minimum Gasteiger partial charge on any atom is -0.354 e. The van der Waals surface area contributed by atoms with Crippen molar-refractivity contribution in [3.05, 3.63) is 23.5 Å². The van der Waals surface area contributed by atoms with E-state index in [2.05, 4.69) is 37.7 Å². The second-order valence-electron chi connectivity index (χ2n) is 8.17. The van der Waals surface area contributed by atoms with Crippen LogP contribution in [-0.2, 0) is 6.54 Å². The summed E-state index contributed by atoms with van der Waals surface area (Å²) in [6.45, 7) is 7.91. The van der Waals surface area contributed by atoms with Gasteiger partial charge in [-0.05, 0) is 31.4 Å². The van der Waals surface area contributed by atoms with Gasteiger partial charge in [-0.3, -0.25) is 0 Å². The fourth-order valence-corrected chi connectivity index (χ4v) is 3.71. The minimum atomic E-state index is 1.20. The molecule has 0 aliphatic rings. The van der Waals surface area contributed by atoms with Gasteiger partial charge < -0.3 is 4.57 Å². The fourth-order valence-electron chi connectivity index (χ4n) is 3.71. The zero-order valence-corrected chi connectivity index (χ0v) is 17.6. The first-order valence-electron chi connectivity index (χ1n) is 11.4. The van der Waals surface area contributed by atoms with E-state index in [1.54, 1.807) is 0 Å². The van der Waals surface area contributed by atoms with Gasteiger partial charge in [0.25, 0.3) is 0 Å². The van der Waals surface area contributed by atoms with Gasteiger partial charge in [0.05, 0.1) is 0 Å². The van der Waals surface area contributed by atoms with Gasteiger partial charge in [-0.25, -0.2) is 0 Å². The van der Waals surface area contributed by atoms with Gasteiger partial charge in [-0.15, -0.1) is 0 Å². The molecule has 1 aromatic rings. The largest absolute Gasteiger partial charge is 0.354 e. The third kappa shape index (κ3) is 12.3. The van der Waals surface area contributed by atoms with Crippen LogP contribution in [0.2, 0.25) is 0 Å². The summed E-state index contributed by atoms with van der Waals surface area (Å²) < 4.78 is 2.37. The maximum Gasteiger partial charge on any atom is 0.0219 e. The van der Waals surface area contributed by atoms with E-state index < -0.39 is 0 Å². The molecule has 1 aromatic heterocycles. The lowest BCUT2D eigenvalue weighted by molar-refractivity contribution is 0.521. The highest BCUT2D eigenvalue weighted by molar-refractivity contribution is 5.20. The zero-order valence-electron chi connectivity index (χ0n) is 17.6. The Morgan fingerprint density at radius 3 is 1.20 bits per heavy atom. The molecule has 0 atom stereocenters. The van der Waals surface area contributed by atoms with Crippen LogP contribution in [0.15, 0.2) is 12.4 Å². The summed E-state index contributed by atoms with van der Waals surface area (Å²) in [5, 5.41) is 0. The predicted octanol–water partition coefficient (Wildman–Crippen LogP) is 8.37. The van der Waals surface area contributed by atoms with Crippen molar-refractivity contribution in [3.8, 4) is 0 Å². The van der Waals surface area contributed by atoms with Gasteiger partial charge in [0, 0.05) is 18.9 Å². The lowest BCUT2D eigenvalue weighted by Gasteiger charge is -2.04. The number of unbranched alkanes of at least 4 members (excludes halogenated alkanes) is 15. The van der Waals surface area contributed by atoms with Crippen LogP contribution in [0.3, 0.4) is 0 Å². The Labute approximate surface area is 158 Å². The van der Waals surface area contributed by atoms with E-state index in [0.29, 0.717) is 0 Å². The lowest BCUT2D eigenvalue weighted by Crippen LogP contribution is -1.94. The van der Waals surface area contributed by atoms with Gasteiger partial charge in [0.2, 0.25) is 0 Å². The van der Waals surface area contributed by atoms with Crippen molar-refractivity contribution in [1.29, 1.82) is 0 Å². The monoisotopic (exact) mass is 347 g/mol. The van der Waals surface area contributed by atoms with Gasteiger partial charge in [0.15, 0.2) is 0 Å². The van der Waals surface area contributed by atoms with E-state index >= 15 is 0 Å². The van der Waals surface area contributed by atoms with Crippen molar-refractivity contribution in [2.75, 3.05) is 0 Å². The second-order valence-corrected chi connectivity index (χ2v) is 8.17. The number of aromatic nitrogens is 1. The van der Waals surface area contributed by atoms with E-state index in [1.165, 1.54) is 120 Å². The summed E-state index contributed by atoms with van der Waals surface area (Å²) in [6, 6.07) is 0. The predicted molar refractivity (Wildman–Crippen MR) is 113 cm³/mol. The van der Waals surface area contributed by atoms with Crippen LogP contribution in [0.5, 0.6) is 0 Å². The van der Waals surface area contributed by atoms with Crippen LogP contribution >= 0.6 is 0 Å². The highest BCUT2D eigenvalue weighted by Gasteiger charge is 1.98. The Balaban J connectivity index is 1.74. The first-order chi connectivity index (χ1) is 12.2. The second kappa shape index (κ2) is 15.5. The molecule has 0 N–H and O–H groups in total. The van der Waals surface area contributed by atoms with Crippen LogP contribution in [0.1, 0.15) is 121 Å². The maximum atomic E-state index is 2.37. The quantitative estimate of drug-likeness (QED) is 0.249. The summed E-state index contributed by atoms with van der Waals surface area (Å²) in [5.41, 5.74) is 2.85. The molecular weight excluding hydrogens is 302 g/mol. The highest BCUT2D eigenvalue weighted by atomic mass is 14.9. The molecule has 1 nitrogen and oxygen atoms in total. The van der Waals surface area contributed by atoms with Crippen LogP contribution < -0.4 is 0 Å². The van der Waals surface area contributed by atoms with Gasteiger partial charge in [-0.1, -0.05) is 103 Å². The molecule has 0 aliphatic heterocycles. The van der Waals surface area contributed by atoms with Crippen molar-refractivity contribution in [2.45, 2.75) is 130 Å². The number of aryl methyl sites for hydroxylation is 3. The molecule has 0 aromatic carbocycles. The lowest BCUT2D eigenvalue weighted by atomic mass is 10.0. The van der Waals surface area contributed by atoms with Crippen molar-refractivity contribution in [3.63, 3.8) is 0 Å². The molecule has 146 valence electrons. The molecule has 0 fully saturated rings. The third-order valence-electron chi connectivity index (χ3n) is 5.61. The smallest absolute Gasteiger partial charge is 0.0219 e. The van der Waals surface area contributed by atoms with Crippen molar-refractivity contribution >= 4 is 0 Å². The standard InChI is InChI=1S/C24H45N/c1-4-5-6-7-8-9-10-11-12-13-14-15-16-17-18-19-20-25-21-23(2)24(3)22-25/h21-22H,4-20H2,1-3H3. The van der Waals surface area contributed by atoms with Crippen LogP contribution in [0.4, 0.5) is 0 Å². The Morgan fingerprint density at radius 1 is 0.520 bits per heavy atom. The topological polar surface area (TPSA) is 4.93 Å². The van der Waals surface area contributed by atoms with Gasteiger partial charge >= 0.3 is 0 Å². The fraction of sp³-hybridized carbons (Fsp3) is 0.833. The van der Waals surface area contributed by atoms with Crippen molar-refractivity contribution in [1.82, 2.24) is 4.57 Å². The molecule has 1 heteroatoms. The molecule has 0 amide bonds. The third-order valence-corrected chi connectivity index (χ3v) is 5.61. The summed E-state index contributed by atoms with van der Waals surface area (Å²) in [7, 11) is 0. The van der Waals surface area contributed by atoms with E-state index in [-0.39, 0.29) is 0 Å². The van der Waals surface area contributed by atoms with Crippen molar-refractivity contribution < 1.29 is 0 Å². The molecule has 25 heavy (non-hydrogen) atoms. The van der Waals surface area contributed by atoms with Crippen LogP contribution in [0, 0.1) is 13.8 Å². The average Bonchev–Trinajstić information content (AvgIpc) is 2.92. The van der Waals surface area contributed by atoms with E-state index in [4.69, 9.17) is 0 Å². The summed E-state index contributed by atoms with van der Waals surface area (Å²) in [5.74, 6) is 0. The number of hydrogen-bond acceptors (Lipinski definition) is 0. The summed E-state index contributed by atoms with van der Waals surface area (Å²) >= 11 is 0. The Kier molecular flexibility index (Phi) is 13.9. The number of nitrogens with zero attached hydrogens (tertiary/aromatic N) is 1. The summed E-state index contributed by atoms with van der Waals surface area (Å²) in [6.07, 6.45) is 27.7. The Bertz CT molecular complexity index is 385. The number of hydrogen-bond donors (Lipinski definition) is 0. The van der Waals surface area contributed by atoms with E-state index in [1.807, 2.05) is 0 Å². The molecule has 1 heterocycles. The average molecular weight is 348 g/mol. The molecule has 0 saturated carbocycles. The summed E-state index contributed by atoms with van der Waals surface area (Å²) in [4.78, 5) is 0. The van der Waals surface area contributed by atoms with Gasteiger partial charge in [-0.2, -0.15) is 0 Å². The Hall–Kier alpha value is -0.720. The van der Waals surface area contributed by atoms with Crippen LogP contribution in [0.25, 0.3) is 0 Å². The minimum absolute atomic E-state index is 1.20. The Morgan fingerprint density at radius 2 is 0.840 bits per heavy atom. The first kappa shape index (κ1) is 22.3. The molecule has 0 aliphatic carbocycles. The van der Waals surface area contributed by atoms with Gasteiger partial charge in [0.1, 0.15) is 0 Å². The first-order valence-corrected chi connectivity index (χ1v) is 11.4. The molecule has 0 spiro atoms. The molecule has 0 bridgehead atoms. The molecule has 1 rings (SSSR count). The molecular formula is C24H45N. The molecule has 0 saturated heterocycles. The normalized spacial score (nSPS) is 11.3. The molecule has 0 radical (unpaired) electrons. The SMILES string of the molecule is CCCCCCCCCCCCCCCCCCn1cc(C)c(C)c1. The van der Waals surface area contributed by atoms with Crippen LogP contribution in [-0.4, -0.2) is 4.57 Å².